The van der Waals surface area contributed by atoms with Crippen LogP contribution in [0, 0.1) is 46.3 Å². The Kier molecular flexibility index (Phi) is 18.9. The summed E-state index contributed by atoms with van der Waals surface area (Å²) in [5.74, 6) is 8.70. The minimum absolute atomic E-state index is 0.0213. The van der Waals surface area contributed by atoms with E-state index in [1.807, 2.05) is 35.3 Å². The Morgan fingerprint density at radius 3 is 1.98 bits per heavy atom. The standard InChI is InChI=1S/C39H73N3O5S3/c1-28(7-10-36(43)44)31-8-9-32-37-33(27-35(39(31,32)3)47-18-6-21-50-24-15-42)38(2)12-11-30(45-16-4-19-48-22-13-40)25-29(38)26-34(37)46-17-5-20-49-23-14-41/h28-35,37H,4-27,40-42H2,1-3H3,(H,43,44)/t28?,29?,30-,31?,32?,33?,34?,35+,37?,38+,39-/m1/s1. The Balaban J connectivity index is 1.55. The Hall–Kier alpha value is 0.280. The molecule has 0 aromatic heterocycles. The van der Waals surface area contributed by atoms with E-state index in [0.717, 1.165) is 125 Å². The van der Waals surface area contributed by atoms with Gasteiger partial charge in [-0.15, -0.1) is 0 Å². The molecule has 7 unspecified atom stereocenters. The van der Waals surface area contributed by atoms with Crippen molar-refractivity contribution in [3.63, 3.8) is 0 Å². The topological polar surface area (TPSA) is 143 Å². The van der Waals surface area contributed by atoms with E-state index in [1.54, 1.807) is 0 Å². The smallest absolute Gasteiger partial charge is 0.303 e. The molecule has 4 aliphatic rings. The number of fused-ring (bicyclic) bond motifs is 5. The van der Waals surface area contributed by atoms with E-state index < -0.39 is 5.97 Å². The highest BCUT2D eigenvalue weighted by Crippen LogP contribution is 2.69. The van der Waals surface area contributed by atoms with Crippen LogP contribution < -0.4 is 17.2 Å². The molecule has 50 heavy (non-hydrogen) atoms. The molecule has 4 aliphatic carbocycles. The molecule has 0 spiro atoms. The van der Waals surface area contributed by atoms with Gasteiger partial charge in [0.15, 0.2) is 0 Å². The zero-order chi connectivity index (χ0) is 36.0. The molecule has 4 saturated carbocycles. The molecule has 0 saturated heterocycles. The van der Waals surface area contributed by atoms with Gasteiger partial charge in [0.1, 0.15) is 0 Å². The van der Waals surface area contributed by atoms with Crippen molar-refractivity contribution in [2.24, 2.45) is 63.5 Å². The number of ether oxygens (including phenoxy) is 3. The largest absolute Gasteiger partial charge is 0.481 e. The predicted octanol–water partition coefficient (Wildman–Crippen LogP) is 6.77. The van der Waals surface area contributed by atoms with Gasteiger partial charge in [-0.05, 0) is 129 Å². The first-order chi connectivity index (χ1) is 24.2. The van der Waals surface area contributed by atoms with Crippen LogP contribution in [0.5, 0.6) is 0 Å². The number of rotatable bonds is 25. The van der Waals surface area contributed by atoms with Crippen molar-refractivity contribution in [1.29, 1.82) is 0 Å². The summed E-state index contributed by atoms with van der Waals surface area (Å²) in [7, 11) is 0. The average molecular weight is 760 g/mol. The summed E-state index contributed by atoms with van der Waals surface area (Å²) in [5, 5.41) is 9.57. The number of carbonyl (C=O) groups is 1. The second-order valence-electron chi connectivity index (χ2n) is 16.2. The Bertz CT molecular complexity index is 985. The average Bonchev–Trinajstić information content (AvgIpc) is 3.46. The van der Waals surface area contributed by atoms with Crippen molar-refractivity contribution in [2.75, 3.05) is 74.0 Å². The number of carboxylic acid groups (broad SMARTS) is 1. The maximum Gasteiger partial charge on any atom is 0.303 e. The summed E-state index contributed by atoms with van der Waals surface area (Å²) in [4.78, 5) is 11.6. The first kappa shape index (κ1) is 43.0. The maximum absolute atomic E-state index is 11.6. The second-order valence-corrected chi connectivity index (χ2v) is 19.9. The molecular weight excluding hydrogens is 687 g/mol. The highest BCUT2D eigenvalue weighted by atomic mass is 32.2. The van der Waals surface area contributed by atoms with Gasteiger partial charge in [-0.3, -0.25) is 4.79 Å². The first-order valence-electron chi connectivity index (χ1n) is 20.1. The second kappa shape index (κ2) is 22.0. The number of nitrogens with two attached hydrogens (primary N) is 3. The molecule has 0 aliphatic heterocycles. The molecule has 0 aromatic rings. The summed E-state index contributed by atoms with van der Waals surface area (Å²) in [6.45, 7) is 12.1. The van der Waals surface area contributed by atoms with E-state index >= 15 is 0 Å². The van der Waals surface area contributed by atoms with Crippen LogP contribution in [0.4, 0.5) is 0 Å². The van der Waals surface area contributed by atoms with E-state index in [-0.39, 0.29) is 29.5 Å². The molecular formula is C39H73N3O5S3. The summed E-state index contributed by atoms with van der Waals surface area (Å²) < 4.78 is 20.7. The van der Waals surface area contributed by atoms with Crippen LogP contribution in [0.15, 0.2) is 0 Å². The molecule has 0 heterocycles. The van der Waals surface area contributed by atoms with Crippen LogP contribution in [-0.2, 0) is 19.0 Å². The van der Waals surface area contributed by atoms with Gasteiger partial charge >= 0.3 is 5.97 Å². The van der Waals surface area contributed by atoms with Crippen molar-refractivity contribution in [2.45, 2.75) is 116 Å². The lowest BCUT2D eigenvalue weighted by atomic mass is 9.43. The number of thioether (sulfide) groups is 3. The highest BCUT2D eigenvalue weighted by molar-refractivity contribution is 7.99. The Morgan fingerprint density at radius 1 is 0.780 bits per heavy atom. The van der Waals surface area contributed by atoms with E-state index in [2.05, 4.69) is 20.8 Å². The van der Waals surface area contributed by atoms with Gasteiger partial charge in [-0.25, -0.2) is 0 Å². The van der Waals surface area contributed by atoms with Gasteiger partial charge in [-0.1, -0.05) is 20.8 Å². The fourth-order valence-electron chi connectivity index (χ4n) is 10.9. The molecule has 7 N–H and O–H groups in total. The van der Waals surface area contributed by atoms with Crippen LogP contribution in [0.1, 0.15) is 97.8 Å². The molecule has 11 heteroatoms. The minimum Gasteiger partial charge on any atom is -0.481 e. The van der Waals surface area contributed by atoms with Gasteiger partial charge in [0, 0.05) is 68.5 Å². The lowest BCUT2D eigenvalue weighted by Gasteiger charge is -2.65. The van der Waals surface area contributed by atoms with Crippen LogP contribution in [0.25, 0.3) is 0 Å². The minimum atomic E-state index is -0.683. The fraction of sp³-hybridized carbons (Fsp3) is 0.974. The third kappa shape index (κ3) is 11.2. The third-order valence-electron chi connectivity index (χ3n) is 13.3. The number of hydrogen-bond donors (Lipinski definition) is 4. The van der Waals surface area contributed by atoms with Crippen molar-refractivity contribution in [1.82, 2.24) is 0 Å². The Morgan fingerprint density at radius 2 is 1.38 bits per heavy atom. The van der Waals surface area contributed by atoms with E-state index in [4.69, 9.17) is 31.4 Å². The van der Waals surface area contributed by atoms with Crippen LogP contribution in [-0.4, -0.2) is 103 Å². The van der Waals surface area contributed by atoms with Crippen molar-refractivity contribution < 1.29 is 24.1 Å². The predicted molar refractivity (Wildman–Crippen MR) is 214 cm³/mol. The fourth-order valence-corrected chi connectivity index (χ4v) is 13.0. The molecule has 0 radical (unpaired) electrons. The number of carboxylic acids is 1. The van der Waals surface area contributed by atoms with Crippen LogP contribution >= 0.6 is 35.3 Å². The molecule has 4 rings (SSSR count). The molecule has 11 atom stereocenters. The normalized spacial score (nSPS) is 35.7. The number of aliphatic carboxylic acids is 1. The molecule has 8 nitrogen and oxygen atoms in total. The van der Waals surface area contributed by atoms with Gasteiger partial charge < -0.3 is 36.5 Å². The molecule has 0 bridgehead atoms. The van der Waals surface area contributed by atoms with Gasteiger partial charge in [-0.2, -0.15) is 35.3 Å². The maximum atomic E-state index is 11.6. The highest BCUT2D eigenvalue weighted by Gasteiger charge is 2.66. The van der Waals surface area contributed by atoms with E-state index in [1.165, 1.54) is 19.3 Å². The zero-order valence-corrected chi connectivity index (χ0v) is 34.2. The van der Waals surface area contributed by atoms with Crippen molar-refractivity contribution in [3.8, 4) is 0 Å². The lowest BCUT2D eigenvalue weighted by Crippen LogP contribution is -2.63. The van der Waals surface area contributed by atoms with Crippen molar-refractivity contribution >= 4 is 41.3 Å². The van der Waals surface area contributed by atoms with Gasteiger partial charge in [0.05, 0.1) is 18.3 Å². The van der Waals surface area contributed by atoms with Gasteiger partial charge in [0.2, 0.25) is 0 Å². The van der Waals surface area contributed by atoms with Crippen LogP contribution in [0.2, 0.25) is 0 Å². The number of hydrogen-bond acceptors (Lipinski definition) is 10. The summed E-state index contributed by atoms with van der Waals surface area (Å²) >= 11 is 5.80. The van der Waals surface area contributed by atoms with Crippen molar-refractivity contribution in [3.05, 3.63) is 0 Å². The summed E-state index contributed by atoms with van der Waals surface area (Å²) in [6.07, 6.45) is 13.1. The quantitative estimate of drug-likeness (QED) is 0.0733. The monoisotopic (exact) mass is 759 g/mol. The van der Waals surface area contributed by atoms with E-state index in [0.29, 0.717) is 41.6 Å². The van der Waals surface area contributed by atoms with Crippen LogP contribution in [0.3, 0.4) is 0 Å². The molecule has 0 amide bonds. The first-order valence-corrected chi connectivity index (χ1v) is 23.6. The Labute approximate surface area is 317 Å². The van der Waals surface area contributed by atoms with Gasteiger partial charge in [0.25, 0.3) is 0 Å². The SMILES string of the molecule is CC(CCC(=O)O)C1CCC2C3C(OCCCSCCN)CC4C[C@H](OCCCSCCN)CC[C@]4(C)C3C[C@H](OCCCSCCN)[C@]12C. The molecule has 4 fully saturated rings. The summed E-state index contributed by atoms with van der Waals surface area (Å²) in [6, 6.07) is 0. The zero-order valence-electron chi connectivity index (χ0n) is 31.7. The van der Waals surface area contributed by atoms with E-state index in [9.17, 15) is 9.90 Å². The third-order valence-corrected chi connectivity index (χ3v) is 16.7. The summed E-state index contributed by atoms with van der Waals surface area (Å²) in [5.41, 5.74) is 17.5. The lowest BCUT2D eigenvalue weighted by molar-refractivity contribution is -0.227. The molecule has 0 aromatic carbocycles. The molecule has 292 valence electrons.